The van der Waals surface area contributed by atoms with E-state index in [1.807, 2.05) is 6.92 Å². The predicted molar refractivity (Wildman–Crippen MR) is 118 cm³/mol. The summed E-state index contributed by atoms with van der Waals surface area (Å²) in [4.78, 5) is 16.5. The monoisotopic (exact) mass is 465 g/mol. The molecule has 0 atom stereocenters. The van der Waals surface area contributed by atoms with Crippen molar-refractivity contribution in [3.05, 3.63) is 74.4 Å². The molecular formula is C21H21ClFN3O4S. The fraction of sp³-hybridized carbons (Fsp3) is 0.238. The molecular weight excluding hydrogens is 445 g/mol. The Labute approximate surface area is 184 Å². The largest absolute Gasteiger partial charge is 0.490 e. The van der Waals surface area contributed by atoms with Crippen molar-refractivity contribution in [1.82, 2.24) is 9.55 Å². The van der Waals surface area contributed by atoms with Crippen LogP contribution in [0.1, 0.15) is 16.7 Å². The van der Waals surface area contributed by atoms with Crippen LogP contribution in [0.5, 0.6) is 5.75 Å². The molecule has 31 heavy (non-hydrogen) atoms. The first-order chi connectivity index (χ1) is 14.5. The highest BCUT2D eigenvalue weighted by Crippen LogP contribution is 2.27. The smallest absolute Gasteiger partial charge is 0.316 e. The van der Waals surface area contributed by atoms with Gasteiger partial charge in [-0.05, 0) is 54.8 Å². The third kappa shape index (κ3) is 5.05. The summed E-state index contributed by atoms with van der Waals surface area (Å²) in [6.45, 7) is 3.83. The van der Waals surface area contributed by atoms with Crippen LogP contribution in [0.25, 0.3) is 0 Å². The summed E-state index contributed by atoms with van der Waals surface area (Å²) in [5, 5.41) is 3.03. The van der Waals surface area contributed by atoms with Crippen molar-refractivity contribution in [2.75, 3.05) is 18.7 Å². The Morgan fingerprint density at radius 3 is 2.55 bits per heavy atom. The molecule has 10 heteroatoms. The maximum absolute atomic E-state index is 13.5. The third-order valence-electron chi connectivity index (χ3n) is 4.84. The second-order valence-electron chi connectivity index (χ2n) is 7.12. The van der Waals surface area contributed by atoms with Crippen LogP contribution in [0.15, 0.2) is 46.2 Å². The summed E-state index contributed by atoms with van der Waals surface area (Å²) >= 11 is 5.88. The number of nitrogens with one attached hydrogen (secondary N) is 1. The molecule has 0 saturated heterocycles. The minimum atomic E-state index is -3.44. The number of methoxy groups -OCH3 is 1. The molecule has 3 aromatic rings. The zero-order valence-electron chi connectivity index (χ0n) is 17.4. The maximum atomic E-state index is 13.5. The van der Waals surface area contributed by atoms with Crippen LogP contribution >= 0.6 is 11.6 Å². The highest BCUT2D eigenvalue weighted by Gasteiger charge is 2.16. The average molecular weight is 466 g/mol. The van der Waals surface area contributed by atoms with E-state index in [-0.39, 0.29) is 28.2 Å². The van der Waals surface area contributed by atoms with Crippen LogP contribution in [0.3, 0.4) is 0 Å². The SMILES string of the molecule is COc1cn(Cc2ccc(F)c(Cl)c2)c(Nc2cc(S(C)(=O)=O)cc(C)c2C)nc1=O. The van der Waals surface area contributed by atoms with Gasteiger partial charge in [0.05, 0.1) is 29.8 Å². The summed E-state index contributed by atoms with van der Waals surface area (Å²) in [5.41, 5.74) is 2.13. The van der Waals surface area contributed by atoms with Crippen molar-refractivity contribution in [3.8, 4) is 5.75 Å². The van der Waals surface area contributed by atoms with E-state index in [1.165, 1.54) is 31.5 Å². The summed E-state index contributed by atoms with van der Waals surface area (Å²) < 4.78 is 44.3. The average Bonchev–Trinajstić information content (AvgIpc) is 2.69. The van der Waals surface area contributed by atoms with E-state index in [4.69, 9.17) is 16.3 Å². The van der Waals surface area contributed by atoms with Crippen LogP contribution < -0.4 is 15.6 Å². The Hall–Kier alpha value is -2.91. The minimum absolute atomic E-state index is 0.0246. The molecule has 0 aliphatic heterocycles. The van der Waals surface area contributed by atoms with E-state index in [2.05, 4.69) is 10.3 Å². The molecule has 3 rings (SSSR count). The zero-order chi connectivity index (χ0) is 22.9. The Kier molecular flexibility index (Phi) is 6.38. The van der Waals surface area contributed by atoms with Crippen molar-refractivity contribution in [2.45, 2.75) is 25.3 Å². The number of halogens is 2. The van der Waals surface area contributed by atoms with Gasteiger partial charge >= 0.3 is 5.56 Å². The Morgan fingerprint density at radius 2 is 1.94 bits per heavy atom. The second-order valence-corrected chi connectivity index (χ2v) is 9.55. The van der Waals surface area contributed by atoms with Gasteiger partial charge in [-0.2, -0.15) is 4.98 Å². The maximum Gasteiger partial charge on any atom is 0.316 e. The normalized spacial score (nSPS) is 11.4. The van der Waals surface area contributed by atoms with Crippen LogP contribution in [0, 0.1) is 19.7 Å². The quantitative estimate of drug-likeness (QED) is 0.594. The molecule has 0 radical (unpaired) electrons. The van der Waals surface area contributed by atoms with Crippen molar-refractivity contribution in [1.29, 1.82) is 0 Å². The second kappa shape index (κ2) is 8.68. The van der Waals surface area contributed by atoms with Gasteiger partial charge in [0, 0.05) is 11.9 Å². The predicted octanol–water partition coefficient (Wildman–Crippen LogP) is 3.86. The number of anilines is 2. The molecule has 1 N–H and O–H groups in total. The van der Waals surface area contributed by atoms with Gasteiger partial charge in [-0.15, -0.1) is 0 Å². The van der Waals surface area contributed by atoms with Crippen LogP contribution in [-0.2, 0) is 16.4 Å². The van der Waals surface area contributed by atoms with Gasteiger partial charge in [0.15, 0.2) is 9.84 Å². The fourth-order valence-corrected chi connectivity index (χ4v) is 3.88. The number of benzene rings is 2. The Balaban J connectivity index is 2.11. The molecule has 0 aliphatic rings. The molecule has 0 saturated carbocycles. The zero-order valence-corrected chi connectivity index (χ0v) is 18.9. The molecule has 2 aromatic carbocycles. The summed E-state index contributed by atoms with van der Waals surface area (Å²) in [6, 6.07) is 7.37. The lowest BCUT2D eigenvalue weighted by Crippen LogP contribution is -2.19. The first kappa shape index (κ1) is 22.8. The molecule has 1 heterocycles. The van der Waals surface area contributed by atoms with E-state index in [0.29, 0.717) is 11.3 Å². The van der Waals surface area contributed by atoms with Gasteiger partial charge in [-0.25, -0.2) is 12.8 Å². The van der Waals surface area contributed by atoms with Crippen LogP contribution in [-0.4, -0.2) is 31.3 Å². The van der Waals surface area contributed by atoms with E-state index in [1.54, 1.807) is 23.6 Å². The Morgan fingerprint density at radius 1 is 1.23 bits per heavy atom. The fourth-order valence-electron chi connectivity index (χ4n) is 2.96. The first-order valence-electron chi connectivity index (χ1n) is 9.17. The summed E-state index contributed by atoms with van der Waals surface area (Å²) in [6.07, 6.45) is 2.60. The number of hydrogen-bond donors (Lipinski definition) is 1. The molecule has 0 amide bonds. The number of nitrogens with zero attached hydrogens (tertiary/aromatic N) is 2. The van der Waals surface area contributed by atoms with Crippen LogP contribution in [0.2, 0.25) is 5.02 Å². The topological polar surface area (TPSA) is 90.3 Å². The lowest BCUT2D eigenvalue weighted by Gasteiger charge is -2.18. The molecule has 164 valence electrons. The van der Waals surface area contributed by atoms with E-state index in [9.17, 15) is 17.6 Å². The lowest BCUT2D eigenvalue weighted by atomic mass is 10.1. The van der Waals surface area contributed by atoms with Crippen molar-refractivity contribution >= 4 is 33.1 Å². The number of hydrogen-bond acceptors (Lipinski definition) is 6. The van der Waals surface area contributed by atoms with Gasteiger partial charge in [0.25, 0.3) is 0 Å². The molecule has 0 unspecified atom stereocenters. The van der Waals surface area contributed by atoms with Gasteiger partial charge < -0.3 is 14.6 Å². The summed E-state index contributed by atoms with van der Waals surface area (Å²) in [7, 11) is -2.09. The lowest BCUT2D eigenvalue weighted by molar-refractivity contribution is 0.402. The van der Waals surface area contributed by atoms with E-state index in [0.717, 1.165) is 17.4 Å². The van der Waals surface area contributed by atoms with Crippen molar-refractivity contribution in [2.24, 2.45) is 0 Å². The van der Waals surface area contributed by atoms with Crippen LogP contribution in [0.4, 0.5) is 16.0 Å². The first-order valence-corrected chi connectivity index (χ1v) is 11.4. The van der Waals surface area contributed by atoms with Crippen molar-refractivity contribution < 1.29 is 17.5 Å². The standard InChI is InChI=1S/C21H21ClFN3O4S/c1-12-7-15(31(4,28)29)9-18(13(12)2)24-21-25-20(27)19(30-3)11-26(21)10-14-5-6-17(23)16(22)8-14/h5-9,11H,10H2,1-4H3,(H,24,25,27). The molecule has 0 fully saturated rings. The van der Waals surface area contributed by atoms with Gasteiger partial charge in [-0.1, -0.05) is 17.7 Å². The number of aromatic nitrogens is 2. The third-order valence-corrected chi connectivity index (χ3v) is 6.22. The minimum Gasteiger partial charge on any atom is -0.490 e. The van der Waals surface area contributed by atoms with E-state index < -0.39 is 21.2 Å². The molecule has 0 spiro atoms. The highest BCUT2D eigenvalue weighted by atomic mass is 35.5. The Bertz CT molecular complexity index is 1320. The number of ether oxygens (including phenoxy) is 1. The van der Waals surface area contributed by atoms with E-state index >= 15 is 0 Å². The van der Waals surface area contributed by atoms with Gasteiger partial charge in [0.1, 0.15) is 5.82 Å². The van der Waals surface area contributed by atoms with Gasteiger partial charge in [-0.3, -0.25) is 4.79 Å². The number of aryl methyl sites for hydroxylation is 1. The molecule has 0 aliphatic carbocycles. The molecule has 0 bridgehead atoms. The summed E-state index contributed by atoms with van der Waals surface area (Å²) in [5.74, 6) is -0.348. The van der Waals surface area contributed by atoms with Crippen molar-refractivity contribution in [3.63, 3.8) is 0 Å². The molecule has 1 aromatic heterocycles. The molecule has 7 nitrogen and oxygen atoms in total. The number of rotatable bonds is 6. The van der Waals surface area contributed by atoms with Gasteiger partial charge in [0.2, 0.25) is 11.7 Å². The number of sulfone groups is 1. The highest BCUT2D eigenvalue weighted by molar-refractivity contribution is 7.90.